The van der Waals surface area contributed by atoms with E-state index in [9.17, 15) is 21.6 Å². The molecule has 28 heavy (non-hydrogen) atoms. The Bertz CT molecular complexity index is 952. The number of ether oxygens (including phenoxy) is 1. The topological polar surface area (TPSA) is 110 Å². The van der Waals surface area contributed by atoms with Crippen LogP contribution in [0.3, 0.4) is 0 Å². The van der Waals surface area contributed by atoms with Gasteiger partial charge in [0.25, 0.3) is 0 Å². The van der Waals surface area contributed by atoms with Crippen LogP contribution in [0.15, 0.2) is 23.1 Å². The van der Waals surface area contributed by atoms with E-state index in [-0.39, 0.29) is 34.7 Å². The van der Waals surface area contributed by atoms with E-state index in [1.807, 2.05) is 0 Å². The summed E-state index contributed by atoms with van der Waals surface area (Å²) in [7, 11) is -7.77. The Morgan fingerprint density at radius 3 is 2.46 bits per heavy atom. The van der Waals surface area contributed by atoms with Gasteiger partial charge in [-0.25, -0.2) is 25.9 Å². The van der Waals surface area contributed by atoms with Crippen molar-refractivity contribution in [2.45, 2.75) is 56.9 Å². The molecule has 1 N–H and O–H groups in total. The number of sulfonamides is 2. The number of rotatable bonds is 6. The Balaban J connectivity index is 2.01. The lowest BCUT2D eigenvalue weighted by molar-refractivity contribution is -0.119. The van der Waals surface area contributed by atoms with Gasteiger partial charge in [0.15, 0.2) is 0 Å². The molecule has 1 heterocycles. The number of carbonyl (C=O) groups excluding carboxylic acids is 1. The summed E-state index contributed by atoms with van der Waals surface area (Å²) in [6, 6.07) is 3.86. The van der Waals surface area contributed by atoms with Crippen molar-refractivity contribution < 1.29 is 26.4 Å². The first-order chi connectivity index (χ1) is 13.2. The summed E-state index contributed by atoms with van der Waals surface area (Å²) in [4.78, 5) is 12.2. The SMILES string of the molecule is CCOc1ccc(N2C(=O)C(C)CS2(=O)=O)cc1S(=O)(=O)NC1CCCCC1. The normalized spacial score (nSPS) is 23.1. The van der Waals surface area contributed by atoms with Gasteiger partial charge < -0.3 is 4.74 Å². The van der Waals surface area contributed by atoms with Crippen LogP contribution in [-0.4, -0.2) is 41.1 Å². The van der Waals surface area contributed by atoms with E-state index in [4.69, 9.17) is 4.74 Å². The highest BCUT2D eigenvalue weighted by atomic mass is 32.2. The summed E-state index contributed by atoms with van der Waals surface area (Å²) < 4.78 is 59.7. The second kappa shape index (κ2) is 8.00. The van der Waals surface area contributed by atoms with Gasteiger partial charge in [-0.3, -0.25) is 4.79 Å². The number of benzene rings is 1. The van der Waals surface area contributed by atoms with Crippen molar-refractivity contribution in [2.75, 3.05) is 16.7 Å². The molecule has 1 aromatic rings. The third-order valence-corrected chi connectivity index (χ3v) is 8.45. The van der Waals surface area contributed by atoms with Crippen LogP contribution in [-0.2, 0) is 24.8 Å². The van der Waals surface area contributed by atoms with Gasteiger partial charge in [0, 0.05) is 6.04 Å². The van der Waals surface area contributed by atoms with Crippen LogP contribution in [0.25, 0.3) is 0 Å². The highest BCUT2D eigenvalue weighted by Gasteiger charge is 2.42. The summed E-state index contributed by atoms with van der Waals surface area (Å²) >= 11 is 0. The van der Waals surface area contributed by atoms with E-state index >= 15 is 0 Å². The van der Waals surface area contributed by atoms with E-state index in [1.165, 1.54) is 25.1 Å². The second-order valence-electron chi connectivity index (χ2n) is 7.30. The third-order valence-electron chi connectivity index (χ3n) is 5.04. The number of hydrogen-bond donors (Lipinski definition) is 1. The lowest BCUT2D eigenvalue weighted by Gasteiger charge is -2.24. The zero-order chi connectivity index (χ0) is 20.5. The van der Waals surface area contributed by atoms with E-state index in [0.717, 1.165) is 32.1 Å². The Morgan fingerprint density at radius 1 is 1.21 bits per heavy atom. The van der Waals surface area contributed by atoms with Crippen molar-refractivity contribution in [2.24, 2.45) is 5.92 Å². The zero-order valence-electron chi connectivity index (χ0n) is 16.0. The molecule has 0 radical (unpaired) electrons. The first-order valence-corrected chi connectivity index (χ1v) is 12.6. The number of nitrogens with one attached hydrogen (secondary N) is 1. The fourth-order valence-electron chi connectivity index (χ4n) is 3.70. The molecule has 2 fully saturated rings. The molecule has 1 aromatic carbocycles. The summed E-state index contributed by atoms with van der Waals surface area (Å²) in [6.45, 7) is 3.52. The largest absolute Gasteiger partial charge is 0.492 e. The molecule has 0 aromatic heterocycles. The number of nitrogens with zero attached hydrogens (tertiary/aromatic N) is 1. The van der Waals surface area contributed by atoms with Gasteiger partial charge in [-0.2, -0.15) is 0 Å². The van der Waals surface area contributed by atoms with Gasteiger partial charge in [0.2, 0.25) is 26.0 Å². The van der Waals surface area contributed by atoms with Gasteiger partial charge >= 0.3 is 0 Å². The Morgan fingerprint density at radius 2 is 1.89 bits per heavy atom. The predicted octanol–water partition coefficient (Wildman–Crippen LogP) is 2.01. The summed E-state index contributed by atoms with van der Waals surface area (Å²) in [5.41, 5.74) is 0.0156. The van der Waals surface area contributed by atoms with Crippen molar-refractivity contribution in [1.82, 2.24) is 4.72 Å². The number of anilines is 1. The van der Waals surface area contributed by atoms with Gasteiger partial charge in [0.1, 0.15) is 10.6 Å². The lowest BCUT2D eigenvalue weighted by Crippen LogP contribution is -2.36. The maximum atomic E-state index is 13.0. The predicted molar refractivity (Wildman–Crippen MR) is 105 cm³/mol. The summed E-state index contributed by atoms with van der Waals surface area (Å²) in [5, 5.41) is 0. The first kappa shape index (κ1) is 21.1. The molecular formula is C18H26N2O6S2. The molecular weight excluding hydrogens is 404 g/mol. The standard InChI is InChI=1S/C18H26N2O6S2/c1-3-26-16-10-9-15(20-18(21)13(2)12-27(20,22)23)11-17(16)28(24,25)19-14-7-5-4-6-8-14/h9-11,13-14,19H,3-8,12H2,1-2H3. The molecule has 1 unspecified atom stereocenters. The van der Waals surface area contributed by atoms with Crippen LogP contribution in [0, 0.1) is 5.92 Å². The molecule has 1 saturated carbocycles. The lowest BCUT2D eigenvalue weighted by atomic mass is 9.96. The molecule has 2 aliphatic rings. The molecule has 10 heteroatoms. The van der Waals surface area contributed by atoms with Crippen LogP contribution in [0.1, 0.15) is 46.0 Å². The molecule has 1 aliphatic carbocycles. The molecule has 8 nitrogen and oxygen atoms in total. The van der Waals surface area contributed by atoms with Crippen molar-refractivity contribution >= 4 is 31.6 Å². The number of carbonyl (C=O) groups is 1. The smallest absolute Gasteiger partial charge is 0.244 e. The van der Waals surface area contributed by atoms with Gasteiger partial charge in [0.05, 0.1) is 24.0 Å². The third kappa shape index (κ3) is 4.18. The molecule has 1 amide bonds. The van der Waals surface area contributed by atoms with Gasteiger partial charge in [-0.15, -0.1) is 0 Å². The average molecular weight is 431 g/mol. The van der Waals surface area contributed by atoms with E-state index in [1.54, 1.807) is 6.92 Å². The Labute approximate surface area is 166 Å². The summed E-state index contributed by atoms with van der Waals surface area (Å²) in [6.07, 6.45) is 4.54. The van der Waals surface area contributed by atoms with Crippen LogP contribution in [0.5, 0.6) is 5.75 Å². The average Bonchev–Trinajstić information content (AvgIpc) is 2.83. The molecule has 3 rings (SSSR count). The molecule has 1 saturated heterocycles. The quantitative estimate of drug-likeness (QED) is 0.739. The van der Waals surface area contributed by atoms with Gasteiger partial charge in [-0.1, -0.05) is 26.2 Å². The van der Waals surface area contributed by atoms with E-state index in [2.05, 4.69) is 4.72 Å². The van der Waals surface area contributed by atoms with Crippen LogP contribution in [0.2, 0.25) is 0 Å². The Hall–Kier alpha value is -1.65. The van der Waals surface area contributed by atoms with Crippen LogP contribution in [0.4, 0.5) is 5.69 Å². The van der Waals surface area contributed by atoms with Crippen molar-refractivity contribution in [3.8, 4) is 5.75 Å². The minimum absolute atomic E-state index is 0.0156. The number of hydrogen-bond acceptors (Lipinski definition) is 6. The van der Waals surface area contributed by atoms with Crippen molar-refractivity contribution in [3.63, 3.8) is 0 Å². The molecule has 1 atom stereocenters. The van der Waals surface area contributed by atoms with Crippen LogP contribution >= 0.6 is 0 Å². The highest BCUT2D eigenvalue weighted by molar-refractivity contribution is 7.94. The minimum atomic E-state index is -3.94. The Kier molecular flexibility index (Phi) is 6.02. The fraction of sp³-hybridized carbons (Fsp3) is 0.611. The van der Waals surface area contributed by atoms with Gasteiger partial charge in [-0.05, 0) is 38.0 Å². The monoisotopic (exact) mass is 430 g/mol. The minimum Gasteiger partial charge on any atom is -0.492 e. The first-order valence-electron chi connectivity index (χ1n) is 9.51. The van der Waals surface area contributed by atoms with E-state index in [0.29, 0.717) is 4.31 Å². The van der Waals surface area contributed by atoms with E-state index < -0.39 is 31.9 Å². The highest BCUT2D eigenvalue weighted by Crippen LogP contribution is 2.34. The maximum Gasteiger partial charge on any atom is 0.244 e. The molecule has 0 spiro atoms. The zero-order valence-corrected chi connectivity index (χ0v) is 17.7. The molecule has 156 valence electrons. The molecule has 1 aliphatic heterocycles. The molecule has 0 bridgehead atoms. The van der Waals surface area contributed by atoms with Crippen molar-refractivity contribution in [1.29, 1.82) is 0 Å². The fourth-order valence-corrected chi connectivity index (χ4v) is 6.98. The number of amides is 1. The maximum absolute atomic E-state index is 13.0. The second-order valence-corrected chi connectivity index (χ2v) is 10.8. The summed E-state index contributed by atoms with van der Waals surface area (Å²) in [5.74, 6) is -1.39. The van der Waals surface area contributed by atoms with Crippen molar-refractivity contribution in [3.05, 3.63) is 18.2 Å². The van der Waals surface area contributed by atoms with Crippen LogP contribution < -0.4 is 13.8 Å².